The van der Waals surface area contributed by atoms with Gasteiger partial charge in [-0.25, -0.2) is 0 Å². The molecule has 1 aliphatic carbocycles. The number of carboxylic acid groups (broad SMARTS) is 1. The van der Waals surface area contributed by atoms with Gasteiger partial charge in [0.25, 0.3) is 0 Å². The Hall–Kier alpha value is -1.63. The maximum absolute atomic E-state index is 12.8. The molecule has 0 aromatic rings. The fourth-order valence-electron chi connectivity index (χ4n) is 3.86. The lowest BCUT2D eigenvalue weighted by Crippen LogP contribution is -2.55. The molecule has 0 unspecified atom stereocenters. The minimum Gasteiger partial charge on any atom is -0.480 e. The molecule has 1 saturated carbocycles. The monoisotopic (exact) mass is 325 g/mol. The first-order chi connectivity index (χ1) is 10.9. The number of nitrogens with zero attached hydrogens (tertiary/aromatic N) is 2. The number of primary amides is 1. The molecule has 2 rings (SSSR count). The van der Waals surface area contributed by atoms with E-state index in [4.69, 9.17) is 5.73 Å². The standard InChI is InChI=1S/C16H27N3O4/c1-11(16(23)18-9-5-8-13(18)15(17)22)19(10-14(20)21)12-6-3-2-4-7-12/h11-13H,2-10H2,1H3,(H2,17,22)(H,20,21)/t11-,13-/m0/s1. The Labute approximate surface area is 136 Å². The summed E-state index contributed by atoms with van der Waals surface area (Å²) in [5.41, 5.74) is 5.39. The predicted octanol–water partition coefficient (Wildman–Crippen LogP) is 0.571. The highest BCUT2D eigenvalue weighted by Gasteiger charge is 2.38. The van der Waals surface area contributed by atoms with Gasteiger partial charge in [0.2, 0.25) is 11.8 Å². The maximum atomic E-state index is 12.8. The Morgan fingerprint density at radius 3 is 2.39 bits per heavy atom. The molecule has 2 aliphatic rings. The number of likely N-dealkylation sites (tertiary alicyclic amines) is 1. The summed E-state index contributed by atoms with van der Waals surface area (Å²) in [6, 6.07) is -0.981. The summed E-state index contributed by atoms with van der Waals surface area (Å²) in [6.45, 7) is 2.12. The van der Waals surface area contributed by atoms with Crippen LogP contribution in [-0.2, 0) is 14.4 Å². The molecule has 0 aromatic heterocycles. The Balaban J connectivity index is 2.11. The van der Waals surface area contributed by atoms with E-state index in [-0.39, 0.29) is 18.5 Å². The quantitative estimate of drug-likeness (QED) is 0.743. The largest absolute Gasteiger partial charge is 0.480 e. The van der Waals surface area contributed by atoms with E-state index in [0.29, 0.717) is 13.0 Å². The number of rotatable bonds is 6. The van der Waals surface area contributed by atoms with Crippen LogP contribution in [0.25, 0.3) is 0 Å². The molecule has 1 saturated heterocycles. The molecule has 2 amide bonds. The molecule has 1 aliphatic heterocycles. The van der Waals surface area contributed by atoms with Gasteiger partial charge in [-0.2, -0.15) is 0 Å². The van der Waals surface area contributed by atoms with Crippen molar-refractivity contribution in [2.75, 3.05) is 13.1 Å². The van der Waals surface area contributed by atoms with E-state index in [2.05, 4.69) is 0 Å². The average Bonchev–Trinajstić information content (AvgIpc) is 3.01. The summed E-state index contributed by atoms with van der Waals surface area (Å²) in [5, 5.41) is 9.21. The van der Waals surface area contributed by atoms with Crippen molar-refractivity contribution < 1.29 is 19.5 Å². The molecular formula is C16H27N3O4. The van der Waals surface area contributed by atoms with Crippen LogP contribution in [0.2, 0.25) is 0 Å². The second-order valence-electron chi connectivity index (χ2n) is 6.63. The van der Waals surface area contributed by atoms with Gasteiger partial charge in [0, 0.05) is 12.6 Å². The minimum atomic E-state index is -0.928. The number of carboxylic acids is 1. The average molecular weight is 325 g/mol. The van der Waals surface area contributed by atoms with E-state index in [1.54, 1.807) is 11.8 Å². The molecule has 23 heavy (non-hydrogen) atoms. The molecule has 2 atom stereocenters. The summed E-state index contributed by atoms with van der Waals surface area (Å²) < 4.78 is 0. The van der Waals surface area contributed by atoms with Crippen LogP contribution in [0.1, 0.15) is 51.9 Å². The molecule has 2 fully saturated rings. The van der Waals surface area contributed by atoms with Crippen LogP contribution >= 0.6 is 0 Å². The highest BCUT2D eigenvalue weighted by atomic mass is 16.4. The Morgan fingerprint density at radius 1 is 1.17 bits per heavy atom. The molecule has 7 heteroatoms. The van der Waals surface area contributed by atoms with E-state index in [1.165, 1.54) is 4.90 Å². The lowest BCUT2D eigenvalue weighted by Gasteiger charge is -2.38. The van der Waals surface area contributed by atoms with Crippen molar-refractivity contribution in [3.63, 3.8) is 0 Å². The Morgan fingerprint density at radius 2 is 1.83 bits per heavy atom. The van der Waals surface area contributed by atoms with E-state index in [9.17, 15) is 19.5 Å². The predicted molar refractivity (Wildman–Crippen MR) is 84.6 cm³/mol. The van der Waals surface area contributed by atoms with Gasteiger partial charge in [-0.3, -0.25) is 19.3 Å². The molecule has 3 N–H and O–H groups in total. The van der Waals surface area contributed by atoms with Gasteiger partial charge in [0.15, 0.2) is 0 Å². The first kappa shape index (κ1) is 17.7. The fraction of sp³-hybridized carbons (Fsp3) is 0.812. The third-order valence-corrected chi connectivity index (χ3v) is 5.08. The lowest BCUT2D eigenvalue weighted by molar-refractivity contribution is -0.146. The van der Waals surface area contributed by atoms with Crippen molar-refractivity contribution in [3.8, 4) is 0 Å². The van der Waals surface area contributed by atoms with E-state index < -0.39 is 24.0 Å². The molecule has 0 radical (unpaired) electrons. The number of hydrogen-bond acceptors (Lipinski definition) is 4. The van der Waals surface area contributed by atoms with Crippen LogP contribution in [0.15, 0.2) is 0 Å². The number of carbonyl (C=O) groups excluding carboxylic acids is 2. The van der Waals surface area contributed by atoms with E-state index in [0.717, 1.165) is 38.5 Å². The fourth-order valence-corrected chi connectivity index (χ4v) is 3.86. The first-order valence-corrected chi connectivity index (χ1v) is 8.49. The number of carbonyl (C=O) groups is 3. The zero-order valence-electron chi connectivity index (χ0n) is 13.7. The summed E-state index contributed by atoms with van der Waals surface area (Å²) in [6.07, 6.45) is 6.49. The van der Waals surface area contributed by atoms with Crippen molar-refractivity contribution >= 4 is 17.8 Å². The second-order valence-corrected chi connectivity index (χ2v) is 6.63. The van der Waals surface area contributed by atoms with E-state index >= 15 is 0 Å². The van der Waals surface area contributed by atoms with Crippen molar-refractivity contribution in [1.29, 1.82) is 0 Å². The molecule has 0 bridgehead atoms. The lowest BCUT2D eigenvalue weighted by atomic mass is 9.93. The van der Waals surface area contributed by atoms with E-state index in [1.807, 2.05) is 0 Å². The Bertz CT molecular complexity index is 462. The third kappa shape index (κ3) is 4.22. The van der Waals surface area contributed by atoms with Crippen molar-refractivity contribution in [1.82, 2.24) is 9.80 Å². The van der Waals surface area contributed by atoms with Crippen LogP contribution in [0, 0.1) is 0 Å². The summed E-state index contributed by atoms with van der Waals surface area (Å²) in [5.74, 6) is -1.59. The van der Waals surface area contributed by atoms with Crippen LogP contribution in [0.4, 0.5) is 0 Å². The Kier molecular flexibility index (Phi) is 5.98. The smallest absolute Gasteiger partial charge is 0.317 e. The van der Waals surface area contributed by atoms with Crippen LogP contribution in [0.3, 0.4) is 0 Å². The van der Waals surface area contributed by atoms with Gasteiger partial charge in [-0.1, -0.05) is 19.3 Å². The number of hydrogen-bond donors (Lipinski definition) is 2. The molecular weight excluding hydrogens is 298 g/mol. The van der Waals surface area contributed by atoms with Crippen molar-refractivity contribution in [2.45, 2.75) is 70.0 Å². The van der Waals surface area contributed by atoms with Gasteiger partial charge < -0.3 is 15.7 Å². The zero-order valence-corrected chi connectivity index (χ0v) is 13.7. The second kappa shape index (κ2) is 7.77. The highest BCUT2D eigenvalue weighted by molar-refractivity contribution is 5.89. The summed E-state index contributed by atoms with van der Waals surface area (Å²) in [7, 11) is 0. The summed E-state index contributed by atoms with van der Waals surface area (Å²) in [4.78, 5) is 38.9. The first-order valence-electron chi connectivity index (χ1n) is 8.49. The van der Waals surface area contributed by atoms with Gasteiger partial charge in [0.1, 0.15) is 6.04 Å². The van der Waals surface area contributed by atoms with Gasteiger partial charge in [-0.15, -0.1) is 0 Å². The SMILES string of the molecule is C[C@@H](C(=O)N1CCC[C@H]1C(N)=O)N(CC(=O)O)C1CCCCC1. The number of aliphatic carboxylic acids is 1. The molecule has 0 aromatic carbocycles. The number of nitrogens with two attached hydrogens (primary N) is 1. The van der Waals surface area contributed by atoms with Crippen LogP contribution in [-0.4, -0.2) is 63.9 Å². The van der Waals surface area contributed by atoms with Crippen LogP contribution < -0.4 is 5.73 Å². The normalized spacial score (nSPS) is 23.9. The zero-order chi connectivity index (χ0) is 17.0. The molecule has 0 spiro atoms. The molecule has 130 valence electrons. The van der Waals surface area contributed by atoms with Gasteiger partial charge in [-0.05, 0) is 32.6 Å². The van der Waals surface area contributed by atoms with Gasteiger partial charge >= 0.3 is 5.97 Å². The number of amides is 2. The topological polar surface area (TPSA) is 104 Å². The summed E-state index contributed by atoms with van der Waals surface area (Å²) >= 11 is 0. The molecule has 7 nitrogen and oxygen atoms in total. The third-order valence-electron chi connectivity index (χ3n) is 5.08. The molecule has 1 heterocycles. The minimum absolute atomic E-state index is 0.119. The van der Waals surface area contributed by atoms with Crippen molar-refractivity contribution in [2.24, 2.45) is 5.73 Å². The van der Waals surface area contributed by atoms with Crippen LogP contribution in [0.5, 0.6) is 0 Å². The maximum Gasteiger partial charge on any atom is 0.317 e. The van der Waals surface area contributed by atoms with Crippen molar-refractivity contribution in [3.05, 3.63) is 0 Å². The highest BCUT2D eigenvalue weighted by Crippen LogP contribution is 2.26. The van der Waals surface area contributed by atoms with Gasteiger partial charge in [0.05, 0.1) is 12.6 Å².